The van der Waals surface area contributed by atoms with E-state index >= 15 is 0 Å². The van der Waals surface area contributed by atoms with Crippen molar-refractivity contribution in [3.63, 3.8) is 0 Å². The largest absolute Gasteiger partial charge is 0.496 e. The molecule has 5 N–H and O–H groups in total. The second-order valence-corrected chi connectivity index (χ2v) is 16.5. The molecule has 4 aromatic carbocycles. The first-order chi connectivity index (χ1) is 28.5. The third kappa shape index (κ3) is 10.0. The summed E-state index contributed by atoms with van der Waals surface area (Å²) in [5.41, 5.74) is 12.5. The van der Waals surface area contributed by atoms with Gasteiger partial charge in [-0.2, -0.15) is 5.10 Å². The Balaban J connectivity index is 1.09. The lowest BCUT2D eigenvalue weighted by Gasteiger charge is -2.30. The van der Waals surface area contributed by atoms with Crippen molar-refractivity contribution in [3.8, 4) is 33.8 Å². The number of methoxy groups -OCH3 is 1. The van der Waals surface area contributed by atoms with Crippen molar-refractivity contribution < 1.29 is 29.0 Å². The van der Waals surface area contributed by atoms with Crippen molar-refractivity contribution in [1.82, 2.24) is 25.3 Å². The molecule has 0 bridgehead atoms. The Bertz CT molecular complexity index is 2340. The molecule has 1 aliphatic carbocycles. The first-order valence-electron chi connectivity index (χ1n) is 20.0. The van der Waals surface area contributed by atoms with Crippen LogP contribution in [0.4, 0.5) is 0 Å². The van der Waals surface area contributed by atoms with E-state index in [2.05, 4.69) is 15.5 Å². The zero-order valence-electron chi connectivity index (χ0n) is 33.3. The molecule has 0 radical (unpaired) electrons. The molecule has 1 aliphatic heterocycles. The van der Waals surface area contributed by atoms with E-state index in [-0.39, 0.29) is 24.5 Å². The van der Waals surface area contributed by atoms with Crippen LogP contribution in [0.2, 0.25) is 10.0 Å². The third-order valence-electron chi connectivity index (χ3n) is 11.5. The first-order valence-corrected chi connectivity index (χ1v) is 20.8. The van der Waals surface area contributed by atoms with Gasteiger partial charge in [-0.3, -0.25) is 19.1 Å². The van der Waals surface area contributed by atoms with E-state index in [9.17, 15) is 19.5 Å². The van der Waals surface area contributed by atoms with Crippen molar-refractivity contribution in [3.05, 3.63) is 99.7 Å². The number of amides is 2. The van der Waals surface area contributed by atoms with Crippen LogP contribution in [-0.2, 0) is 34.0 Å². The van der Waals surface area contributed by atoms with Crippen LogP contribution < -0.4 is 25.8 Å². The van der Waals surface area contributed by atoms with E-state index in [1.165, 1.54) is 0 Å². The summed E-state index contributed by atoms with van der Waals surface area (Å²) in [5.74, 6) is 0.219. The fraction of sp³-hybridized carbons (Fsp3) is 0.378. The van der Waals surface area contributed by atoms with Gasteiger partial charge in [0.2, 0.25) is 5.91 Å². The number of aromatic nitrogens is 2. The van der Waals surface area contributed by atoms with Gasteiger partial charge < -0.3 is 35.8 Å². The molecule has 0 unspecified atom stereocenters. The summed E-state index contributed by atoms with van der Waals surface area (Å²) in [6.07, 6.45) is 6.37. The van der Waals surface area contributed by atoms with Crippen LogP contribution in [0, 0.1) is 11.8 Å². The quantitative estimate of drug-likeness (QED) is 0.0754. The molecule has 310 valence electrons. The maximum Gasteiger partial charge on any atom is 0.306 e. The van der Waals surface area contributed by atoms with Crippen molar-refractivity contribution in [1.29, 1.82) is 0 Å². The van der Waals surface area contributed by atoms with Gasteiger partial charge in [0, 0.05) is 71.3 Å². The smallest absolute Gasteiger partial charge is 0.306 e. The van der Waals surface area contributed by atoms with Crippen molar-refractivity contribution in [2.45, 2.75) is 64.2 Å². The van der Waals surface area contributed by atoms with E-state index in [1.54, 1.807) is 7.11 Å². The van der Waals surface area contributed by atoms with Crippen molar-refractivity contribution in [2.75, 3.05) is 33.9 Å². The number of aliphatic carboxylic acids is 1. The van der Waals surface area contributed by atoms with E-state index in [4.69, 9.17) is 43.5 Å². The fourth-order valence-electron chi connectivity index (χ4n) is 8.41. The Hall–Kier alpha value is -5.14. The van der Waals surface area contributed by atoms with Gasteiger partial charge in [-0.05, 0) is 86.0 Å². The molecule has 1 saturated heterocycles. The summed E-state index contributed by atoms with van der Waals surface area (Å²) in [6, 6.07) is 22.0. The fourth-order valence-corrected chi connectivity index (χ4v) is 8.99. The normalized spacial score (nSPS) is 18.0. The standard InChI is InChI=1S/C45H50Cl2N6O6/c1-52(23-27-9-11-28(12-10-27)45(56)57)24-32-17-38(46)31(19-41(32)59-26-42(48)54)25-53-39-8-4-6-35(37(39)22-50-53)36-7-3-5-34(44(36)47)29-13-14-30(40(18-29)58-2)20-49-21-33-15-16-43(55)51-33/h3-8,13-14,17-19,22,27-28,33,49H,9-12,15-16,20-21,23-26H2,1-2H3,(H2,48,54)(H,51,55)(H,56,57)/t27-,28-,33-/m0/s1. The number of carbonyl (C=O) groups is 3. The van der Waals surface area contributed by atoms with Gasteiger partial charge in [0.15, 0.2) is 6.61 Å². The van der Waals surface area contributed by atoms with Gasteiger partial charge in [-0.1, -0.05) is 65.7 Å². The molecule has 14 heteroatoms. The summed E-state index contributed by atoms with van der Waals surface area (Å²) < 4.78 is 13.6. The summed E-state index contributed by atoms with van der Waals surface area (Å²) in [7, 11) is 3.68. The number of fused-ring (bicyclic) bond motifs is 1. The van der Waals surface area contributed by atoms with Gasteiger partial charge in [0.25, 0.3) is 5.91 Å². The molecule has 2 amide bonds. The molecule has 2 aliphatic rings. The van der Waals surface area contributed by atoms with E-state index in [0.29, 0.717) is 67.2 Å². The average Bonchev–Trinajstić information content (AvgIpc) is 3.84. The second kappa shape index (κ2) is 18.8. The summed E-state index contributed by atoms with van der Waals surface area (Å²) in [6.45, 7) is 2.68. The zero-order chi connectivity index (χ0) is 41.6. The van der Waals surface area contributed by atoms with Crippen molar-refractivity contribution >= 4 is 51.9 Å². The van der Waals surface area contributed by atoms with Crippen LogP contribution >= 0.6 is 23.2 Å². The highest BCUT2D eigenvalue weighted by atomic mass is 35.5. The molecular formula is C45H50Cl2N6O6. The average molecular weight is 842 g/mol. The highest BCUT2D eigenvalue weighted by Gasteiger charge is 2.27. The summed E-state index contributed by atoms with van der Waals surface area (Å²) >= 11 is 14.2. The number of rotatable bonds is 17. The molecular weight excluding hydrogens is 791 g/mol. The predicted octanol–water partition coefficient (Wildman–Crippen LogP) is 7.29. The van der Waals surface area contributed by atoms with Gasteiger partial charge in [0.05, 0.1) is 36.3 Å². The SMILES string of the molecule is COc1cc(-c2cccc(-c3cccc4c3cnn4Cc3cc(OCC(N)=O)c(CN(C)C[C@H]4CC[C@H](C(=O)O)CC4)cc3Cl)c2Cl)ccc1CNC[C@@H]1CCC(=O)N1. The molecule has 1 saturated carbocycles. The molecule has 7 rings (SSSR count). The number of carboxylic acid groups (broad SMARTS) is 1. The Labute approximate surface area is 353 Å². The van der Waals surface area contributed by atoms with Gasteiger partial charge in [-0.15, -0.1) is 0 Å². The van der Waals surface area contributed by atoms with E-state index in [1.807, 2.05) is 84.7 Å². The number of carboxylic acids is 1. The van der Waals surface area contributed by atoms with E-state index in [0.717, 1.165) is 81.4 Å². The lowest BCUT2D eigenvalue weighted by atomic mass is 9.82. The minimum absolute atomic E-state index is 0.102. The molecule has 1 atom stereocenters. The summed E-state index contributed by atoms with van der Waals surface area (Å²) in [4.78, 5) is 37.0. The molecule has 59 heavy (non-hydrogen) atoms. The molecule has 2 fully saturated rings. The van der Waals surface area contributed by atoms with Crippen LogP contribution in [0.1, 0.15) is 55.2 Å². The monoisotopic (exact) mass is 840 g/mol. The van der Waals surface area contributed by atoms with Crippen LogP contribution in [0.3, 0.4) is 0 Å². The van der Waals surface area contributed by atoms with Crippen LogP contribution in [0.5, 0.6) is 11.5 Å². The maximum absolute atomic E-state index is 11.8. The minimum atomic E-state index is -0.709. The third-order valence-corrected chi connectivity index (χ3v) is 12.3. The van der Waals surface area contributed by atoms with Gasteiger partial charge in [-0.25, -0.2) is 0 Å². The Morgan fingerprint density at radius 3 is 2.46 bits per heavy atom. The van der Waals surface area contributed by atoms with Gasteiger partial charge in [0.1, 0.15) is 11.5 Å². The van der Waals surface area contributed by atoms with Crippen LogP contribution in [-0.4, -0.2) is 77.5 Å². The summed E-state index contributed by atoms with van der Waals surface area (Å²) in [5, 5.41) is 22.7. The second-order valence-electron chi connectivity index (χ2n) is 15.7. The van der Waals surface area contributed by atoms with Crippen molar-refractivity contribution in [2.24, 2.45) is 17.6 Å². The lowest BCUT2D eigenvalue weighted by Crippen LogP contribution is -2.35. The maximum atomic E-state index is 11.8. The number of nitrogens with two attached hydrogens (primary N) is 1. The minimum Gasteiger partial charge on any atom is -0.496 e. The van der Waals surface area contributed by atoms with Crippen LogP contribution in [0.15, 0.2) is 72.9 Å². The number of ether oxygens (including phenoxy) is 2. The predicted molar refractivity (Wildman–Crippen MR) is 230 cm³/mol. The Morgan fingerprint density at radius 2 is 1.73 bits per heavy atom. The number of hydrogen-bond donors (Lipinski definition) is 4. The van der Waals surface area contributed by atoms with Crippen LogP contribution in [0.25, 0.3) is 33.2 Å². The molecule has 5 aromatic rings. The molecule has 0 spiro atoms. The number of halogens is 2. The number of nitrogens with zero attached hydrogens (tertiary/aromatic N) is 3. The molecule has 2 heterocycles. The highest BCUT2D eigenvalue weighted by molar-refractivity contribution is 6.36. The van der Waals surface area contributed by atoms with Gasteiger partial charge >= 0.3 is 5.97 Å². The lowest BCUT2D eigenvalue weighted by molar-refractivity contribution is -0.143. The first kappa shape index (κ1) is 42.0. The Kier molecular flexibility index (Phi) is 13.4. The molecule has 1 aromatic heterocycles. The van der Waals surface area contributed by atoms with E-state index < -0.39 is 11.9 Å². The number of hydrogen-bond acceptors (Lipinski definition) is 8. The Morgan fingerprint density at radius 1 is 0.966 bits per heavy atom. The number of benzene rings is 4. The number of carbonyl (C=O) groups excluding carboxylic acids is 2. The zero-order valence-corrected chi connectivity index (χ0v) is 34.8. The highest BCUT2D eigenvalue weighted by Crippen LogP contribution is 2.41. The topological polar surface area (TPSA) is 161 Å². The number of nitrogens with one attached hydrogen (secondary N) is 2. The number of primary amides is 1. The molecule has 12 nitrogen and oxygen atoms in total.